The summed E-state index contributed by atoms with van der Waals surface area (Å²) in [4.78, 5) is 11.8. The van der Waals surface area contributed by atoms with Gasteiger partial charge in [0.25, 0.3) is 0 Å². The molecule has 3 heteroatoms. The van der Waals surface area contributed by atoms with E-state index in [-0.39, 0.29) is 5.97 Å². The molecule has 2 aliphatic carbocycles. The normalized spacial score (nSPS) is 26.9. The van der Waals surface area contributed by atoms with Gasteiger partial charge in [-0.3, -0.25) is 4.79 Å². The van der Waals surface area contributed by atoms with Gasteiger partial charge in [0.05, 0.1) is 6.61 Å². The lowest BCUT2D eigenvalue weighted by Crippen LogP contribution is -2.52. The first-order chi connectivity index (χ1) is 7.60. The molecular formula is C13H23NO2. The molecule has 16 heavy (non-hydrogen) atoms. The highest BCUT2D eigenvalue weighted by Gasteiger charge is 2.46. The minimum absolute atomic E-state index is 0.192. The van der Waals surface area contributed by atoms with Crippen LogP contribution in [0.5, 0.6) is 0 Å². The topological polar surface area (TPSA) is 52.3 Å². The molecule has 0 saturated heterocycles. The second-order valence-corrected chi connectivity index (χ2v) is 5.58. The summed E-state index contributed by atoms with van der Waals surface area (Å²) in [7, 11) is 0. The number of carbonyl (C=O) groups excluding carboxylic acids is 1. The molecule has 0 atom stereocenters. The molecule has 0 bridgehead atoms. The average molecular weight is 225 g/mol. The molecule has 0 heterocycles. The van der Waals surface area contributed by atoms with Crippen LogP contribution in [-0.4, -0.2) is 18.1 Å². The fourth-order valence-electron chi connectivity index (χ4n) is 3.33. The molecule has 0 unspecified atom stereocenters. The van der Waals surface area contributed by atoms with Crippen LogP contribution in [0.25, 0.3) is 0 Å². The Labute approximate surface area is 97.7 Å². The van der Waals surface area contributed by atoms with Crippen LogP contribution >= 0.6 is 0 Å². The zero-order valence-electron chi connectivity index (χ0n) is 10.3. The molecule has 92 valence electrons. The lowest BCUT2D eigenvalue weighted by atomic mass is 9.67. The van der Waals surface area contributed by atoms with Crippen molar-refractivity contribution in [3.05, 3.63) is 0 Å². The zero-order chi connectivity index (χ0) is 11.6. The van der Waals surface area contributed by atoms with Crippen molar-refractivity contribution in [3.8, 4) is 0 Å². The second kappa shape index (κ2) is 4.36. The Bertz CT molecular complexity index is 259. The molecule has 0 amide bonds. The van der Waals surface area contributed by atoms with Gasteiger partial charge in [0.1, 0.15) is 5.54 Å². The van der Waals surface area contributed by atoms with E-state index in [0.717, 1.165) is 25.7 Å². The van der Waals surface area contributed by atoms with Gasteiger partial charge in [0.2, 0.25) is 0 Å². The summed E-state index contributed by atoms with van der Waals surface area (Å²) in [6, 6.07) is 0. The van der Waals surface area contributed by atoms with Crippen molar-refractivity contribution in [1.29, 1.82) is 0 Å². The maximum Gasteiger partial charge on any atom is 0.326 e. The zero-order valence-corrected chi connectivity index (χ0v) is 10.3. The van der Waals surface area contributed by atoms with Gasteiger partial charge in [0, 0.05) is 0 Å². The minimum Gasteiger partial charge on any atom is -0.465 e. The van der Waals surface area contributed by atoms with Gasteiger partial charge in [-0.25, -0.2) is 0 Å². The second-order valence-electron chi connectivity index (χ2n) is 5.58. The maximum atomic E-state index is 11.8. The Hall–Kier alpha value is -0.570. The third-order valence-corrected chi connectivity index (χ3v) is 4.55. The molecule has 2 fully saturated rings. The molecule has 3 nitrogen and oxygen atoms in total. The fourth-order valence-corrected chi connectivity index (χ4v) is 3.33. The third kappa shape index (κ3) is 2.10. The first-order valence-electron chi connectivity index (χ1n) is 6.56. The van der Waals surface area contributed by atoms with Crippen LogP contribution in [0.1, 0.15) is 58.3 Å². The molecule has 2 N–H and O–H groups in total. The van der Waals surface area contributed by atoms with Crippen LogP contribution in [0.2, 0.25) is 0 Å². The fraction of sp³-hybridized carbons (Fsp3) is 0.923. The van der Waals surface area contributed by atoms with E-state index in [0.29, 0.717) is 12.0 Å². The first kappa shape index (κ1) is 11.9. The number of ether oxygens (including phenoxy) is 1. The predicted octanol–water partition coefficient (Wildman–Crippen LogP) is 2.38. The molecule has 0 aliphatic heterocycles. The van der Waals surface area contributed by atoms with E-state index in [1.165, 1.54) is 25.7 Å². The van der Waals surface area contributed by atoms with E-state index in [1.807, 2.05) is 6.92 Å². The van der Waals surface area contributed by atoms with E-state index in [1.54, 1.807) is 0 Å². The van der Waals surface area contributed by atoms with E-state index < -0.39 is 5.54 Å². The monoisotopic (exact) mass is 225 g/mol. The molecule has 0 radical (unpaired) electrons. The van der Waals surface area contributed by atoms with Gasteiger partial charge in [0.15, 0.2) is 0 Å². The summed E-state index contributed by atoms with van der Waals surface area (Å²) in [5.74, 6) is -0.192. The quantitative estimate of drug-likeness (QED) is 0.734. The number of hydrogen-bond donors (Lipinski definition) is 1. The summed E-state index contributed by atoms with van der Waals surface area (Å²) < 4.78 is 5.07. The number of esters is 1. The van der Waals surface area contributed by atoms with Gasteiger partial charge < -0.3 is 10.5 Å². The van der Waals surface area contributed by atoms with Gasteiger partial charge in [-0.1, -0.05) is 12.8 Å². The van der Waals surface area contributed by atoms with Crippen LogP contribution in [0.3, 0.4) is 0 Å². The first-order valence-corrected chi connectivity index (χ1v) is 6.56. The SMILES string of the molecule is CCOC(=O)C1(N)CCC2(CCCC2)CC1. The lowest BCUT2D eigenvalue weighted by Gasteiger charge is -2.41. The molecular weight excluding hydrogens is 202 g/mol. The summed E-state index contributed by atoms with van der Waals surface area (Å²) >= 11 is 0. The molecule has 0 aromatic heterocycles. The Morgan fingerprint density at radius 2 is 1.69 bits per heavy atom. The minimum atomic E-state index is -0.691. The van der Waals surface area contributed by atoms with E-state index in [9.17, 15) is 4.79 Å². The van der Waals surface area contributed by atoms with Crippen LogP contribution in [0.15, 0.2) is 0 Å². The molecule has 1 spiro atoms. The van der Waals surface area contributed by atoms with Crippen molar-refractivity contribution >= 4 is 5.97 Å². The Morgan fingerprint density at radius 1 is 1.12 bits per heavy atom. The van der Waals surface area contributed by atoms with Crippen LogP contribution in [0, 0.1) is 5.41 Å². The smallest absolute Gasteiger partial charge is 0.326 e. The van der Waals surface area contributed by atoms with Gasteiger partial charge in [-0.2, -0.15) is 0 Å². The Kier molecular flexibility index (Phi) is 3.24. The maximum absolute atomic E-state index is 11.8. The highest BCUT2D eigenvalue weighted by molar-refractivity contribution is 5.80. The number of rotatable bonds is 2. The van der Waals surface area contributed by atoms with Crippen LogP contribution in [-0.2, 0) is 9.53 Å². The van der Waals surface area contributed by atoms with Crippen molar-refractivity contribution in [2.45, 2.75) is 63.8 Å². The highest BCUT2D eigenvalue weighted by atomic mass is 16.5. The molecule has 0 aromatic carbocycles. The standard InChI is InChI=1S/C13H23NO2/c1-2-16-11(15)13(14)9-7-12(8-10-13)5-3-4-6-12/h2-10,14H2,1H3. The lowest BCUT2D eigenvalue weighted by molar-refractivity contribution is -0.152. The van der Waals surface area contributed by atoms with Crippen molar-refractivity contribution < 1.29 is 9.53 Å². The largest absolute Gasteiger partial charge is 0.465 e. The van der Waals surface area contributed by atoms with Gasteiger partial charge >= 0.3 is 5.97 Å². The summed E-state index contributed by atoms with van der Waals surface area (Å²) in [5.41, 5.74) is 6.00. The number of carbonyl (C=O) groups is 1. The molecule has 2 aliphatic rings. The van der Waals surface area contributed by atoms with Crippen LogP contribution in [0.4, 0.5) is 0 Å². The van der Waals surface area contributed by atoms with Crippen LogP contribution < -0.4 is 5.73 Å². The Morgan fingerprint density at radius 3 is 2.19 bits per heavy atom. The average Bonchev–Trinajstić information content (AvgIpc) is 2.73. The van der Waals surface area contributed by atoms with Crippen molar-refractivity contribution in [3.63, 3.8) is 0 Å². The van der Waals surface area contributed by atoms with E-state index in [2.05, 4.69) is 0 Å². The number of nitrogens with two attached hydrogens (primary N) is 1. The summed E-state index contributed by atoms with van der Waals surface area (Å²) in [6.45, 7) is 2.27. The molecule has 0 aromatic rings. The van der Waals surface area contributed by atoms with E-state index in [4.69, 9.17) is 10.5 Å². The molecule has 2 rings (SSSR count). The van der Waals surface area contributed by atoms with Gasteiger partial charge in [-0.15, -0.1) is 0 Å². The summed E-state index contributed by atoms with van der Waals surface area (Å²) in [5, 5.41) is 0. The van der Waals surface area contributed by atoms with E-state index >= 15 is 0 Å². The third-order valence-electron chi connectivity index (χ3n) is 4.55. The van der Waals surface area contributed by atoms with Crippen molar-refractivity contribution in [2.24, 2.45) is 11.1 Å². The number of hydrogen-bond acceptors (Lipinski definition) is 3. The van der Waals surface area contributed by atoms with Crippen molar-refractivity contribution in [2.75, 3.05) is 6.61 Å². The predicted molar refractivity (Wildman–Crippen MR) is 62.9 cm³/mol. The van der Waals surface area contributed by atoms with Gasteiger partial charge in [-0.05, 0) is 50.9 Å². The highest BCUT2D eigenvalue weighted by Crippen LogP contribution is 2.50. The summed E-state index contributed by atoms with van der Waals surface area (Å²) in [6.07, 6.45) is 9.24. The molecule has 2 saturated carbocycles. The van der Waals surface area contributed by atoms with Crippen molar-refractivity contribution in [1.82, 2.24) is 0 Å². The Balaban J connectivity index is 1.95.